The first-order valence-electron chi connectivity index (χ1n) is 9.23. The number of methoxy groups -OCH3 is 1. The van der Waals surface area contributed by atoms with Crippen LogP contribution in [0.1, 0.15) is 25.7 Å². The van der Waals surface area contributed by atoms with Gasteiger partial charge < -0.3 is 14.6 Å². The number of sulfonamides is 1. The fraction of sp³-hybridized carbons (Fsp3) is 0.556. The Hall–Kier alpha value is -1.97. The largest absolute Gasteiger partial charge is 0.383 e. The molecule has 9 heteroatoms. The summed E-state index contributed by atoms with van der Waals surface area (Å²) < 4.78 is 33.9. The van der Waals surface area contributed by atoms with Crippen LogP contribution < -0.4 is 5.32 Å². The summed E-state index contributed by atoms with van der Waals surface area (Å²) in [5.41, 5.74) is 1.44. The highest BCUT2D eigenvalue weighted by Crippen LogP contribution is 2.24. The van der Waals surface area contributed by atoms with Crippen LogP contribution in [-0.2, 0) is 26.1 Å². The zero-order valence-corrected chi connectivity index (χ0v) is 16.4. The smallest absolute Gasteiger partial charge is 0.243 e. The molecule has 3 rings (SSSR count). The number of amides is 1. The number of piperidine rings is 1. The van der Waals surface area contributed by atoms with Gasteiger partial charge in [0, 0.05) is 39.7 Å². The molecule has 0 radical (unpaired) electrons. The average Bonchev–Trinajstić information content (AvgIpc) is 3.09. The van der Waals surface area contributed by atoms with Gasteiger partial charge in [0.15, 0.2) is 0 Å². The first-order chi connectivity index (χ1) is 13.0. The molecule has 2 aromatic rings. The molecule has 0 atom stereocenters. The quantitative estimate of drug-likeness (QED) is 0.683. The van der Waals surface area contributed by atoms with Crippen LogP contribution in [0.2, 0.25) is 0 Å². The van der Waals surface area contributed by atoms with Crippen molar-refractivity contribution in [1.29, 1.82) is 0 Å². The van der Waals surface area contributed by atoms with Gasteiger partial charge in [0.05, 0.1) is 28.9 Å². The van der Waals surface area contributed by atoms with E-state index in [-0.39, 0.29) is 10.8 Å². The zero-order chi connectivity index (χ0) is 19.3. The maximum absolute atomic E-state index is 12.8. The Balaban J connectivity index is 1.70. The number of rotatable bonds is 8. The Morgan fingerprint density at radius 2 is 2.04 bits per heavy atom. The molecule has 0 aliphatic carbocycles. The van der Waals surface area contributed by atoms with Crippen molar-refractivity contribution in [2.24, 2.45) is 0 Å². The Labute approximate surface area is 159 Å². The van der Waals surface area contributed by atoms with Gasteiger partial charge in [-0.1, -0.05) is 6.42 Å². The highest BCUT2D eigenvalue weighted by molar-refractivity contribution is 7.89. The Morgan fingerprint density at radius 3 is 2.78 bits per heavy atom. The first-order valence-corrected chi connectivity index (χ1v) is 10.7. The van der Waals surface area contributed by atoms with Gasteiger partial charge in [-0.25, -0.2) is 13.4 Å². The molecule has 1 aliphatic heterocycles. The molecule has 1 saturated heterocycles. The van der Waals surface area contributed by atoms with Crippen LogP contribution in [0.3, 0.4) is 0 Å². The second-order valence-corrected chi connectivity index (χ2v) is 8.58. The maximum atomic E-state index is 12.8. The number of nitrogens with zero attached hydrogens (tertiary/aromatic N) is 3. The fourth-order valence-corrected chi connectivity index (χ4v) is 4.78. The molecular weight excluding hydrogens is 368 g/mol. The highest BCUT2D eigenvalue weighted by Gasteiger charge is 2.26. The minimum Gasteiger partial charge on any atom is -0.383 e. The molecule has 8 nitrogen and oxygen atoms in total. The van der Waals surface area contributed by atoms with E-state index in [9.17, 15) is 13.2 Å². The van der Waals surface area contributed by atoms with Gasteiger partial charge in [-0.2, -0.15) is 4.31 Å². The van der Waals surface area contributed by atoms with Crippen molar-refractivity contribution in [3.63, 3.8) is 0 Å². The topological polar surface area (TPSA) is 93.5 Å². The minimum atomic E-state index is -3.47. The van der Waals surface area contributed by atoms with Gasteiger partial charge in [0.1, 0.15) is 0 Å². The highest BCUT2D eigenvalue weighted by atomic mass is 32.2. The summed E-state index contributed by atoms with van der Waals surface area (Å²) in [6, 6.07) is 5.01. The van der Waals surface area contributed by atoms with Crippen molar-refractivity contribution < 1.29 is 17.9 Å². The van der Waals surface area contributed by atoms with Crippen molar-refractivity contribution in [3.05, 3.63) is 24.5 Å². The minimum absolute atomic E-state index is 0.0572. The molecule has 27 heavy (non-hydrogen) atoms. The van der Waals surface area contributed by atoms with Crippen molar-refractivity contribution in [1.82, 2.24) is 19.2 Å². The molecule has 1 amide bonds. The lowest BCUT2D eigenvalue weighted by atomic mass is 10.2. The van der Waals surface area contributed by atoms with E-state index >= 15 is 0 Å². The summed E-state index contributed by atoms with van der Waals surface area (Å²) in [6.07, 6.45) is 4.85. The van der Waals surface area contributed by atoms with Crippen LogP contribution in [0.25, 0.3) is 11.0 Å². The monoisotopic (exact) mass is 394 g/mol. The third kappa shape index (κ3) is 4.66. The molecule has 0 saturated carbocycles. The molecule has 0 spiro atoms. The predicted molar refractivity (Wildman–Crippen MR) is 102 cm³/mol. The third-order valence-corrected chi connectivity index (χ3v) is 6.65. The maximum Gasteiger partial charge on any atom is 0.243 e. The van der Waals surface area contributed by atoms with E-state index in [0.717, 1.165) is 24.8 Å². The number of ether oxygens (including phenoxy) is 1. The number of nitrogens with one attached hydrogen (secondary N) is 1. The second-order valence-electron chi connectivity index (χ2n) is 6.65. The van der Waals surface area contributed by atoms with E-state index in [1.165, 1.54) is 0 Å². The Kier molecular flexibility index (Phi) is 6.46. The predicted octanol–water partition coefficient (Wildman–Crippen LogP) is 1.36. The van der Waals surface area contributed by atoms with Gasteiger partial charge in [0.2, 0.25) is 15.9 Å². The molecule has 1 fully saturated rings. The zero-order valence-electron chi connectivity index (χ0n) is 15.6. The lowest BCUT2D eigenvalue weighted by Crippen LogP contribution is -2.35. The van der Waals surface area contributed by atoms with E-state index in [1.807, 2.05) is 4.57 Å². The molecule has 1 aromatic heterocycles. The van der Waals surface area contributed by atoms with Crippen LogP contribution in [0.4, 0.5) is 0 Å². The normalized spacial score (nSPS) is 15.9. The summed E-state index contributed by atoms with van der Waals surface area (Å²) >= 11 is 0. The van der Waals surface area contributed by atoms with Crippen molar-refractivity contribution in [2.75, 3.05) is 33.4 Å². The lowest BCUT2D eigenvalue weighted by Gasteiger charge is -2.25. The Morgan fingerprint density at radius 1 is 1.26 bits per heavy atom. The van der Waals surface area contributed by atoms with Crippen LogP contribution in [-0.4, -0.2) is 61.5 Å². The Bertz CT molecular complexity index is 888. The van der Waals surface area contributed by atoms with Crippen molar-refractivity contribution in [3.8, 4) is 0 Å². The number of imidazole rings is 1. The van der Waals surface area contributed by atoms with Gasteiger partial charge in [-0.05, 0) is 31.0 Å². The standard InChI is InChI=1S/C18H26N4O4S/c1-26-12-8-19-18(23)7-11-21-14-20-16-13-15(5-6-17(16)21)27(24,25)22-9-3-2-4-10-22/h5-6,13-14H,2-4,7-12H2,1H3,(H,19,23). The van der Waals surface area contributed by atoms with Gasteiger partial charge in [-0.15, -0.1) is 0 Å². The van der Waals surface area contributed by atoms with Gasteiger partial charge >= 0.3 is 0 Å². The van der Waals surface area contributed by atoms with E-state index in [0.29, 0.717) is 44.7 Å². The first kappa shape index (κ1) is 19.8. The number of carbonyl (C=O) groups is 1. The van der Waals surface area contributed by atoms with Crippen LogP contribution >= 0.6 is 0 Å². The summed E-state index contributed by atoms with van der Waals surface area (Å²) in [7, 11) is -1.89. The van der Waals surface area contributed by atoms with Crippen LogP contribution in [0, 0.1) is 0 Å². The number of aryl methyl sites for hydroxylation is 1. The van der Waals surface area contributed by atoms with Gasteiger partial charge in [0.25, 0.3) is 0 Å². The average molecular weight is 394 g/mol. The number of hydrogen-bond donors (Lipinski definition) is 1. The van der Waals surface area contributed by atoms with E-state index in [2.05, 4.69) is 10.3 Å². The van der Waals surface area contributed by atoms with Crippen LogP contribution in [0.5, 0.6) is 0 Å². The molecule has 1 aliphatic rings. The van der Waals surface area contributed by atoms with Crippen molar-refractivity contribution in [2.45, 2.75) is 37.1 Å². The molecule has 2 heterocycles. The van der Waals surface area contributed by atoms with Crippen molar-refractivity contribution >= 4 is 27.0 Å². The molecule has 0 bridgehead atoms. The summed E-state index contributed by atoms with van der Waals surface area (Å²) in [6.45, 7) is 2.60. The molecule has 1 aromatic carbocycles. The number of fused-ring (bicyclic) bond motifs is 1. The summed E-state index contributed by atoms with van der Waals surface area (Å²) in [4.78, 5) is 16.4. The molecule has 1 N–H and O–H groups in total. The number of hydrogen-bond acceptors (Lipinski definition) is 5. The fourth-order valence-electron chi connectivity index (χ4n) is 3.24. The van der Waals surface area contributed by atoms with Gasteiger partial charge in [-0.3, -0.25) is 4.79 Å². The second kappa shape index (κ2) is 8.81. The molecular formula is C18H26N4O4S. The lowest BCUT2D eigenvalue weighted by molar-refractivity contribution is -0.121. The molecule has 148 valence electrons. The third-order valence-electron chi connectivity index (χ3n) is 4.75. The number of benzene rings is 1. The summed E-state index contributed by atoms with van der Waals surface area (Å²) in [5, 5.41) is 2.78. The van der Waals surface area contributed by atoms with E-state index in [1.54, 1.807) is 35.9 Å². The van der Waals surface area contributed by atoms with Crippen LogP contribution in [0.15, 0.2) is 29.4 Å². The van der Waals surface area contributed by atoms with E-state index < -0.39 is 10.0 Å². The number of aromatic nitrogens is 2. The van der Waals surface area contributed by atoms with E-state index in [4.69, 9.17) is 4.74 Å². The number of carbonyl (C=O) groups excluding carboxylic acids is 1. The molecule has 0 unspecified atom stereocenters. The SMILES string of the molecule is COCCNC(=O)CCn1cnc2cc(S(=O)(=O)N3CCCCC3)ccc21. The summed E-state index contributed by atoms with van der Waals surface area (Å²) in [5.74, 6) is -0.0572.